The van der Waals surface area contributed by atoms with E-state index in [4.69, 9.17) is 5.11 Å². The van der Waals surface area contributed by atoms with Crippen molar-refractivity contribution in [3.63, 3.8) is 0 Å². The normalized spacial score (nSPS) is 10.6. The van der Waals surface area contributed by atoms with Crippen LogP contribution in [0.2, 0.25) is 0 Å². The highest BCUT2D eigenvalue weighted by molar-refractivity contribution is 7.99. The predicted octanol–water partition coefficient (Wildman–Crippen LogP) is 3.08. The maximum absolute atomic E-state index is 10.9. The van der Waals surface area contributed by atoms with Crippen molar-refractivity contribution in [3.05, 3.63) is 70.3 Å². The first kappa shape index (κ1) is 17.6. The number of carboxylic acid groups (broad SMARTS) is 1. The number of nitrogens with zero attached hydrogens (tertiary/aromatic N) is 4. The zero-order valence-electron chi connectivity index (χ0n) is 13.5. The fourth-order valence-electron chi connectivity index (χ4n) is 2.38. The van der Waals surface area contributed by atoms with E-state index in [-0.39, 0.29) is 11.4 Å². The highest BCUT2D eigenvalue weighted by Crippen LogP contribution is 2.26. The van der Waals surface area contributed by atoms with Gasteiger partial charge in [0.15, 0.2) is 11.0 Å². The first-order chi connectivity index (χ1) is 12.5. The molecule has 0 aliphatic heterocycles. The number of rotatable bonds is 7. The van der Waals surface area contributed by atoms with E-state index in [2.05, 4.69) is 10.2 Å². The molecule has 3 rings (SSSR count). The number of non-ortho nitro benzene ring substituents is 1. The SMILES string of the molecule is O=C(O)CSc1nnc(-c2ccc([N+](=O)[O-])cc2)n1Cc1ccccc1. The van der Waals surface area contributed by atoms with Gasteiger partial charge in [-0.05, 0) is 17.7 Å². The van der Waals surface area contributed by atoms with Crippen LogP contribution in [0.4, 0.5) is 5.69 Å². The molecule has 1 heterocycles. The fourth-order valence-corrected chi connectivity index (χ4v) is 3.03. The smallest absolute Gasteiger partial charge is 0.313 e. The number of carboxylic acids is 1. The van der Waals surface area contributed by atoms with Gasteiger partial charge in [0.05, 0.1) is 17.2 Å². The second-order valence-corrected chi connectivity index (χ2v) is 6.31. The van der Waals surface area contributed by atoms with Gasteiger partial charge < -0.3 is 5.11 Å². The summed E-state index contributed by atoms with van der Waals surface area (Å²) in [5.41, 5.74) is 1.66. The summed E-state index contributed by atoms with van der Waals surface area (Å²) in [7, 11) is 0. The summed E-state index contributed by atoms with van der Waals surface area (Å²) in [6, 6.07) is 15.7. The van der Waals surface area contributed by atoms with Crippen LogP contribution in [0.5, 0.6) is 0 Å². The predicted molar refractivity (Wildman–Crippen MR) is 96.0 cm³/mol. The van der Waals surface area contributed by atoms with E-state index in [1.54, 1.807) is 12.1 Å². The summed E-state index contributed by atoms with van der Waals surface area (Å²) in [6.07, 6.45) is 0. The molecule has 132 valence electrons. The molecule has 8 nitrogen and oxygen atoms in total. The Bertz CT molecular complexity index is 926. The van der Waals surface area contributed by atoms with Gasteiger partial charge in [-0.2, -0.15) is 0 Å². The van der Waals surface area contributed by atoms with Crippen LogP contribution >= 0.6 is 11.8 Å². The third kappa shape index (κ3) is 4.06. The average Bonchev–Trinajstić information content (AvgIpc) is 3.03. The van der Waals surface area contributed by atoms with Crippen LogP contribution in [0, 0.1) is 10.1 Å². The van der Waals surface area contributed by atoms with E-state index in [0.717, 1.165) is 17.3 Å². The van der Waals surface area contributed by atoms with Crippen molar-refractivity contribution in [2.45, 2.75) is 11.7 Å². The van der Waals surface area contributed by atoms with Crippen molar-refractivity contribution in [3.8, 4) is 11.4 Å². The molecule has 0 spiro atoms. The van der Waals surface area contributed by atoms with Gasteiger partial charge in [-0.15, -0.1) is 10.2 Å². The molecule has 0 fully saturated rings. The van der Waals surface area contributed by atoms with E-state index < -0.39 is 10.9 Å². The number of hydrogen-bond donors (Lipinski definition) is 1. The minimum atomic E-state index is -0.943. The second-order valence-electron chi connectivity index (χ2n) is 5.36. The van der Waals surface area contributed by atoms with Crippen LogP contribution in [-0.2, 0) is 11.3 Å². The van der Waals surface area contributed by atoms with Gasteiger partial charge in [0, 0.05) is 17.7 Å². The van der Waals surface area contributed by atoms with Gasteiger partial charge in [-0.25, -0.2) is 0 Å². The van der Waals surface area contributed by atoms with Gasteiger partial charge >= 0.3 is 5.97 Å². The van der Waals surface area contributed by atoms with Crippen molar-refractivity contribution in [1.29, 1.82) is 0 Å². The highest BCUT2D eigenvalue weighted by Gasteiger charge is 2.17. The maximum atomic E-state index is 10.9. The molecular weight excluding hydrogens is 356 g/mol. The molecule has 9 heteroatoms. The first-order valence-corrected chi connectivity index (χ1v) is 8.59. The number of benzene rings is 2. The van der Waals surface area contributed by atoms with Crippen molar-refractivity contribution >= 4 is 23.4 Å². The number of nitro groups is 1. The molecule has 1 aromatic heterocycles. The largest absolute Gasteiger partial charge is 0.481 e. The van der Waals surface area contributed by atoms with Crippen LogP contribution in [0.3, 0.4) is 0 Å². The molecule has 0 amide bonds. The Kier molecular flexibility index (Phi) is 5.28. The number of thioether (sulfide) groups is 1. The number of aromatic nitrogens is 3. The summed E-state index contributed by atoms with van der Waals surface area (Å²) in [6.45, 7) is 0.460. The number of carbonyl (C=O) groups is 1. The average molecular weight is 370 g/mol. The second kappa shape index (κ2) is 7.79. The molecule has 0 unspecified atom stereocenters. The van der Waals surface area contributed by atoms with Gasteiger partial charge in [0.25, 0.3) is 5.69 Å². The van der Waals surface area contributed by atoms with Crippen molar-refractivity contribution < 1.29 is 14.8 Å². The third-order valence-corrected chi connectivity index (χ3v) is 4.51. The quantitative estimate of drug-likeness (QED) is 0.386. The zero-order valence-corrected chi connectivity index (χ0v) is 14.3. The topological polar surface area (TPSA) is 111 Å². The zero-order chi connectivity index (χ0) is 18.5. The van der Waals surface area contributed by atoms with E-state index in [1.165, 1.54) is 12.1 Å². The Morgan fingerprint density at radius 2 is 1.81 bits per heavy atom. The number of hydrogen-bond acceptors (Lipinski definition) is 6. The van der Waals surface area contributed by atoms with Gasteiger partial charge in [-0.3, -0.25) is 19.5 Å². The standard InChI is InChI=1S/C17H14N4O4S/c22-15(23)11-26-17-19-18-16(13-6-8-14(9-7-13)21(24)25)20(17)10-12-4-2-1-3-5-12/h1-9H,10-11H2,(H,22,23). The molecule has 0 bridgehead atoms. The Balaban J connectivity index is 1.98. The number of aliphatic carboxylic acids is 1. The maximum Gasteiger partial charge on any atom is 0.313 e. The minimum Gasteiger partial charge on any atom is -0.481 e. The monoisotopic (exact) mass is 370 g/mol. The lowest BCUT2D eigenvalue weighted by Crippen LogP contribution is -2.06. The van der Waals surface area contributed by atoms with Gasteiger partial charge in [-0.1, -0.05) is 42.1 Å². The first-order valence-electron chi connectivity index (χ1n) is 7.61. The van der Waals surface area contributed by atoms with Crippen LogP contribution in [0.1, 0.15) is 5.56 Å². The summed E-state index contributed by atoms with van der Waals surface area (Å²) in [5.74, 6) is -0.550. The molecule has 0 aliphatic rings. The molecule has 3 aromatic rings. The van der Waals surface area contributed by atoms with E-state index in [0.29, 0.717) is 23.1 Å². The molecular formula is C17H14N4O4S. The Morgan fingerprint density at radius 1 is 1.12 bits per heavy atom. The van der Waals surface area contributed by atoms with Crippen molar-refractivity contribution in [2.75, 3.05) is 5.75 Å². The lowest BCUT2D eigenvalue weighted by molar-refractivity contribution is -0.384. The molecule has 0 radical (unpaired) electrons. The third-order valence-electron chi connectivity index (χ3n) is 3.56. The van der Waals surface area contributed by atoms with Crippen molar-refractivity contribution in [2.24, 2.45) is 0 Å². The van der Waals surface area contributed by atoms with E-state index >= 15 is 0 Å². The molecule has 0 aliphatic carbocycles. The number of nitro benzene ring substituents is 1. The van der Waals surface area contributed by atoms with Crippen LogP contribution in [0.25, 0.3) is 11.4 Å². The van der Waals surface area contributed by atoms with Gasteiger partial charge in [0.1, 0.15) is 0 Å². The molecule has 1 N–H and O–H groups in total. The fraction of sp³-hybridized carbons (Fsp3) is 0.118. The van der Waals surface area contributed by atoms with Crippen LogP contribution in [0.15, 0.2) is 59.8 Å². The molecule has 26 heavy (non-hydrogen) atoms. The lowest BCUT2D eigenvalue weighted by atomic mass is 10.2. The van der Waals surface area contributed by atoms with Crippen LogP contribution in [-0.4, -0.2) is 36.5 Å². The molecule has 0 atom stereocenters. The Labute approximate surface area is 152 Å². The van der Waals surface area contributed by atoms with Gasteiger partial charge in [0.2, 0.25) is 0 Å². The van der Waals surface area contributed by atoms with E-state index in [9.17, 15) is 14.9 Å². The van der Waals surface area contributed by atoms with E-state index in [1.807, 2.05) is 34.9 Å². The Hall–Kier alpha value is -3.20. The summed E-state index contributed by atoms with van der Waals surface area (Å²) in [4.78, 5) is 21.2. The lowest BCUT2D eigenvalue weighted by Gasteiger charge is -2.10. The molecule has 0 saturated carbocycles. The molecule has 2 aromatic carbocycles. The molecule has 0 saturated heterocycles. The highest BCUT2D eigenvalue weighted by atomic mass is 32.2. The summed E-state index contributed by atoms with van der Waals surface area (Å²) >= 11 is 1.08. The minimum absolute atomic E-state index is 0.0108. The Morgan fingerprint density at radius 3 is 2.42 bits per heavy atom. The summed E-state index contributed by atoms with van der Waals surface area (Å²) in [5, 5.41) is 28.5. The van der Waals surface area contributed by atoms with Crippen molar-refractivity contribution in [1.82, 2.24) is 14.8 Å². The van der Waals surface area contributed by atoms with Crippen LogP contribution < -0.4 is 0 Å². The summed E-state index contributed by atoms with van der Waals surface area (Å²) < 4.78 is 1.81.